The highest BCUT2D eigenvalue weighted by atomic mass is 14.8. The maximum absolute atomic E-state index is 5.51. The summed E-state index contributed by atoms with van der Waals surface area (Å²) in [6, 6.07) is 1.91. The molecule has 0 aliphatic carbocycles. The summed E-state index contributed by atoms with van der Waals surface area (Å²) in [6.45, 7) is 6.38. The second-order valence-corrected chi connectivity index (χ2v) is 3.42. The van der Waals surface area contributed by atoms with Gasteiger partial charge in [0.25, 0.3) is 0 Å². The van der Waals surface area contributed by atoms with Crippen LogP contribution in [0.3, 0.4) is 0 Å². The normalized spacial score (nSPS) is 11.1. The number of rotatable bonds is 5. The third kappa shape index (κ3) is 4.23. The molecule has 0 aliphatic heterocycles. The minimum absolute atomic E-state index is 0.441. The number of allylic oxidation sites excluding steroid dienone is 5. The number of aromatic nitrogens is 2. The van der Waals surface area contributed by atoms with Crippen molar-refractivity contribution in [3.8, 4) is 0 Å². The molecule has 0 atom stereocenters. The highest BCUT2D eigenvalue weighted by Gasteiger charge is 2.00. The topological polar surface area (TPSA) is 51.8 Å². The van der Waals surface area contributed by atoms with Crippen LogP contribution in [-0.4, -0.2) is 17.2 Å². The fourth-order valence-corrected chi connectivity index (χ4v) is 1.25. The number of nitrogens with two attached hydrogens (primary N) is 1. The van der Waals surface area contributed by atoms with Crippen molar-refractivity contribution in [2.45, 2.75) is 13.5 Å². The lowest BCUT2D eigenvalue weighted by Gasteiger charge is -2.00. The van der Waals surface area contributed by atoms with Gasteiger partial charge in [-0.2, -0.15) is 0 Å². The molecule has 0 fully saturated rings. The van der Waals surface area contributed by atoms with Gasteiger partial charge in [0.15, 0.2) is 0 Å². The van der Waals surface area contributed by atoms with Crippen LogP contribution < -0.4 is 11.3 Å². The van der Waals surface area contributed by atoms with Gasteiger partial charge in [-0.05, 0) is 13.0 Å². The summed E-state index contributed by atoms with van der Waals surface area (Å²) in [7, 11) is 0.726. The van der Waals surface area contributed by atoms with E-state index in [9.17, 15) is 0 Å². The first-order valence-electron chi connectivity index (χ1n) is 5.23. The Morgan fingerprint density at radius 3 is 3.00 bits per heavy atom. The summed E-state index contributed by atoms with van der Waals surface area (Å²) in [5.41, 5.74) is 8.33. The fraction of sp³-hybridized carbons (Fsp3) is 0.167. The standard InChI is InChI=1S/C12H16BN3/c1-3-4-5-6-10(2)13-12-7-11(8-14)15-9-16-12/h3-7,9,13H,2,8,14H2,1H3/b4-3-,6-5-. The van der Waals surface area contributed by atoms with Crippen LogP contribution in [0.15, 0.2) is 48.7 Å². The third-order valence-corrected chi connectivity index (χ3v) is 2.03. The SMILES string of the molecule is C=C(Bc1cc(CN)ncn1)/C=C\C=C/C. The zero-order valence-electron chi connectivity index (χ0n) is 9.56. The van der Waals surface area contributed by atoms with E-state index in [1.54, 1.807) is 6.33 Å². The molecule has 0 saturated heterocycles. The van der Waals surface area contributed by atoms with E-state index in [1.165, 1.54) is 0 Å². The van der Waals surface area contributed by atoms with Gasteiger partial charge in [-0.1, -0.05) is 29.8 Å². The first-order valence-corrected chi connectivity index (χ1v) is 5.23. The number of nitrogens with zero attached hydrogens (tertiary/aromatic N) is 2. The Labute approximate surface area is 97.0 Å². The average Bonchev–Trinajstić information content (AvgIpc) is 2.29. The van der Waals surface area contributed by atoms with Gasteiger partial charge >= 0.3 is 0 Å². The molecule has 0 saturated carbocycles. The van der Waals surface area contributed by atoms with Gasteiger partial charge < -0.3 is 5.73 Å². The summed E-state index contributed by atoms with van der Waals surface area (Å²) >= 11 is 0. The molecule has 4 heteroatoms. The Morgan fingerprint density at radius 1 is 1.50 bits per heavy atom. The van der Waals surface area contributed by atoms with Gasteiger partial charge in [-0.15, -0.1) is 6.58 Å². The van der Waals surface area contributed by atoms with Crippen molar-refractivity contribution in [1.82, 2.24) is 9.97 Å². The summed E-state index contributed by atoms with van der Waals surface area (Å²) in [4.78, 5) is 8.22. The lowest BCUT2D eigenvalue weighted by molar-refractivity contribution is 0.972. The van der Waals surface area contributed by atoms with Crippen LogP contribution in [0, 0.1) is 0 Å². The van der Waals surface area contributed by atoms with E-state index in [-0.39, 0.29) is 0 Å². The molecule has 0 bridgehead atoms. The molecule has 0 unspecified atom stereocenters. The van der Waals surface area contributed by atoms with E-state index < -0.39 is 0 Å². The second kappa shape index (κ2) is 6.74. The van der Waals surface area contributed by atoms with Crippen molar-refractivity contribution in [3.63, 3.8) is 0 Å². The van der Waals surface area contributed by atoms with E-state index in [1.807, 2.05) is 37.3 Å². The van der Waals surface area contributed by atoms with Crippen LogP contribution in [0.5, 0.6) is 0 Å². The molecular formula is C12H16BN3. The van der Waals surface area contributed by atoms with Crippen molar-refractivity contribution in [2.75, 3.05) is 0 Å². The van der Waals surface area contributed by atoms with E-state index in [2.05, 4.69) is 16.5 Å². The molecule has 0 amide bonds. The molecule has 1 heterocycles. The molecule has 16 heavy (non-hydrogen) atoms. The zero-order valence-corrected chi connectivity index (χ0v) is 9.56. The molecule has 3 nitrogen and oxygen atoms in total. The first kappa shape index (κ1) is 12.4. The Hall–Kier alpha value is -1.68. The summed E-state index contributed by atoms with van der Waals surface area (Å²) in [5.74, 6) is 0. The van der Waals surface area contributed by atoms with Crippen LogP contribution in [0.2, 0.25) is 0 Å². The summed E-state index contributed by atoms with van der Waals surface area (Å²) in [6.07, 6.45) is 9.43. The first-order chi connectivity index (χ1) is 7.76. The average molecular weight is 213 g/mol. The quantitative estimate of drug-likeness (QED) is 0.576. The Morgan fingerprint density at radius 2 is 2.31 bits per heavy atom. The maximum atomic E-state index is 5.51. The molecule has 0 aliphatic rings. The van der Waals surface area contributed by atoms with Gasteiger partial charge in [0, 0.05) is 12.1 Å². The molecule has 0 spiro atoms. The second-order valence-electron chi connectivity index (χ2n) is 3.42. The molecule has 0 aromatic carbocycles. The molecule has 82 valence electrons. The van der Waals surface area contributed by atoms with Crippen LogP contribution in [0.25, 0.3) is 0 Å². The van der Waals surface area contributed by atoms with Gasteiger partial charge in [0.05, 0.1) is 5.69 Å². The van der Waals surface area contributed by atoms with Crippen molar-refractivity contribution in [2.24, 2.45) is 5.73 Å². The third-order valence-electron chi connectivity index (χ3n) is 2.03. The van der Waals surface area contributed by atoms with Crippen molar-refractivity contribution < 1.29 is 0 Å². The van der Waals surface area contributed by atoms with Crippen LogP contribution in [0.4, 0.5) is 0 Å². The molecule has 1 aromatic heterocycles. The molecule has 1 rings (SSSR count). The van der Waals surface area contributed by atoms with E-state index in [4.69, 9.17) is 5.73 Å². The molecule has 0 radical (unpaired) electrons. The number of hydrogen-bond acceptors (Lipinski definition) is 3. The van der Waals surface area contributed by atoms with Gasteiger partial charge in [-0.25, -0.2) is 4.98 Å². The van der Waals surface area contributed by atoms with E-state index in [0.717, 1.165) is 24.0 Å². The van der Waals surface area contributed by atoms with Crippen molar-refractivity contribution >= 4 is 12.9 Å². The zero-order chi connectivity index (χ0) is 11.8. The summed E-state index contributed by atoms with van der Waals surface area (Å²) in [5, 5.41) is 0. The molecule has 2 N–H and O–H groups in total. The van der Waals surface area contributed by atoms with Crippen molar-refractivity contribution in [3.05, 3.63) is 54.4 Å². The van der Waals surface area contributed by atoms with Crippen LogP contribution >= 0.6 is 0 Å². The lowest BCUT2D eigenvalue weighted by atomic mass is 9.66. The monoisotopic (exact) mass is 213 g/mol. The highest BCUT2D eigenvalue weighted by Crippen LogP contribution is 1.92. The highest BCUT2D eigenvalue weighted by molar-refractivity contribution is 6.60. The number of hydrogen-bond donors (Lipinski definition) is 1. The van der Waals surface area contributed by atoms with Crippen LogP contribution in [-0.2, 0) is 6.54 Å². The largest absolute Gasteiger partial charge is 0.325 e. The van der Waals surface area contributed by atoms with Gasteiger partial charge in [0.2, 0.25) is 7.28 Å². The predicted octanol–water partition coefficient (Wildman–Crippen LogP) is 0.643. The van der Waals surface area contributed by atoms with Crippen molar-refractivity contribution in [1.29, 1.82) is 0 Å². The smallest absolute Gasteiger partial charge is 0.215 e. The Kier molecular flexibility index (Phi) is 5.22. The summed E-state index contributed by atoms with van der Waals surface area (Å²) < 4.78 is 0. The van der Waals surface area contributed by atoms with E-state index in [0.29, 0.717) is 6.54 Å². The van der Waals surface area contributed by atoms with Gasteiger partial charge in [0.1, 0.15) is 6.33 Å². The Bertz CT molecular complexity index is 410. The van der Waals surface area contributed by atoms with Crippen LogP contribution in [0.1, 0.15) is 12.6 Å². The minimum atomic E-state index is 0.441. The fourth-order valence-electron chi connectivity index (χ4n) is 1.25. The maximum Gasteiger partial charge on any atom is 0.215 e. The minimum Gasteiger partial charge on any atom is -0.325 e. The molecule has 1 aromatic rings. The van der Waals surface area contributed by atoms with E-state index >= 15 is 0 Å². The Balaban J connectivity index is 2.62. The predicted molar refractivity (Wildman–Crippen MR) is 69.8 cm³/mol. The molecular weight excluding hydrogens is 197 g/mol. The van der Waals surface area contributed by atoms with Gasteiger partial charge in [-0.3, -0.25) is 4.98 Å². The lowest BCUT2D eigenvalue weighted by Crippen LogP contribution is -2.21.